The maximum Gasteiger partial charge on any atom is 0.0589 e. The molecule has 0 unspecified atom stereocenters. The Morgan fingerprint density at radius 3 is 2.61 bits per heavy atom. The van der Waals surface area contributed by atoms with Crippen molar-refractivity contribution in [1.82, 2.24) is 4.90 Å². The van der Waals surface area contributed by atoms with Crippen LogP contribution in [0.4, 0.5) is 5.69 Å². The Balaban J connectivity index is 1.70. The summed E-state index contributed by atoms with van der Waals surface area (Å²) in [5.41, 5.74) is 1.18. The van der Waals surface area contributed by atoms with E-state index in [4.69, 9.17) is 4.74 Å². The fourth-order valence-electron chi connectivity index (χ4n) is 2.04. The van der Waals surface area contributed by atoms with Gasteiger partial charge >= 0.3 is 0 Å². The van der Waals surface area contributed by atoms with Gasteiger partial charge in [-0.25, -0.2) is 0 Å². The molecule has 0 spiro atoms. The predicted molar refractivity (Wildman–Crippen MR) is 79.1 cm³/mol. The minimum absolute atomic E-state index is 0.798. The molecule has 0 heterocycles. The van der Waals surface area contributed by atoms with E-state index in [9.17, 15) is 0 Å². The first-order valence-electron chi connectivity index (χ1n) is 6.52. The first-order chi connectivity index (χ1) is 8.79. The molecule has 1 aliphatic carbocycles. The van der Waals surface area contributed by atoms with E-state index in [0.29, 0.717) is 0 Å². The minimum Gasteiger partial charge on any atom is -0.384 e. The third kappa shape index (κ3) is 4.59. The average Bonchev–Trinajstić information content (AvgIpc) is 3.20. The number of ether oxygens (including phenoxy) is 1. The largest absolute Gasteiger partial charge is 0.384 e. The van der Waals surface area contributed by atoms with E-state index in [1.165, 1.54) is 18.5 Å². The second-order valence-corrected chi connectivity index (χ2v) is 5.61. The quantitative estimate of drug-likeness (QED) is 0.798. The molecule has 0 atom stereocenters. The monoisotopic (exact) mass is 312 g/mol. The summed E-state index contributed by atoms with van der Waals surface area (Å²) in [7, 11) is 1.77. The average molecular weight is 313 g/mol. The maximum atomic E-state index is 5.16. The molecule has 3 nitrogen and oxygen atoms in total. The third-order valence-corrected chi connectivity index (χ3v) is 3.75. The Kier molecular flexibility index (Phi) is 5.47. The van der Waals surface area contributed by atoms with E-state index in [-0.39, 0.29) is 0 Å². The van der Waals surface area contributed by atoms with E-state index in [1.807, 2.05) is 0 Å². The lowest BCUT2D eigenvalue weighted by Crippen LogP contribution is -2.33. The molecule has 100 valence electrons. The van der Waals surface area contributed by atoms with Crippen LogP contribution in [-0.4, -0.2) is 44.3 Å². The Bertz CT molecular complexity index is 351. The number of rotatable bonds is 8. The summed E-state index contributed by atoms with van der Waals surface area (Å²) in [6.07, 6.45) is 2.70. The van der Waals surface area contributed by atoms with Gasteiger partial charge in [0.15, 0.2) is 0 Å². The summed E-state index contributed by atoms with van der Waals surface area (Å²) in [6.45, 7) is 3.95. The molecule has 1 N–H and O–H groups in total. The molecule has 1 aliphatic rings. The van der Waals surface area contributed by atoms with Crippen molar-refractivity contribution in [2.75, 3.05) is 38.7 Å². The van der Waals surface area contributed by atoms with Crippen LogP contribution in [0, 0.1) is 0 Å². The summed E-state index contributed by atoms with van der Waals surface area (Å²) in [5.74, 6) is 0. The summed E-state index contributed by atoms with van der Waals surface area (Å²) >= 11 is 3.44. The zero-order valence-corrected chi connectivity index (χ0v) is 12.4. The van der Waals surface area contributed by atoms with Crippen LogP contribution in [0.25, 0.3) is 0 Å². The van der Waals surface area contributed by atoms with E-state index in [1.54, 1.807) is 7.11 Å². The van der Waals surface area contributed by atoms with Crippen LogP contribution in [0.15, 0.2) is 28.7 Å². The lowest BCUT2D eigenvalue weighted by Gasteiger charge is -2.21. The highest BCUT2D eigenvalue weighted by molar-refractivity contribution is 9.10. The fraction of sp³-hybridized carbons (Fsp3) is 0.571. The Morgan fingerprint density at radius 2 is 2.00 bits per heavy atom. The lowest BCUT2D eigenvalue weighted by molar-refractivity contribution is 0.146. The van der Waals surface area contributed by atoms with Crippen molar-refractivity contribution in [3.05, 3.63) is 28.7 Å². The smallest absolute Gasteiger partial charge is 0.0589 e. The van der Waals surface area contributed by atoms with E-state index in [2.05, 4.69) is 50.4 Å². The van der Waals surface area contributed by atoms with Crippen LogP contribution >= 0.6 is 15.9 Å². The number of nitrogens with zero attached hydrogens (tertiary/aromatic N) is 1. The number of hydrogen-bond donors (Lipinski definition) is 1. The van der Waals surface area contributed by atoms with Crippen molar-refractivity contribution in [3.63, 3.8) is 0 Å². The normalized spacial score (nSPS) is 15.1. The van der Waals surface area contributed by atoms with Gasteiger partial charge in [-0.05, 0) is 37.1 Å². The summed E-state index contributed by atoms with van der Waals surface area (Å²) < 4.78 is 6.28. The van der Waals surface area contributed by atoms with Gasteiger partial charge in [-0.1, -0.05) is 15.9 Å². The van der Waals surface area contributed by atoms with E-state index in [0.717, 1.165) is 36.8 Å². The number of nitrogens with one attached hydrogen (secondary N) is 1. The number of benzene rings is 1. The van der Waals surface area contributed by atoms with Gasteiger partial charge in [0.25, 0.3) is 0 Å². The van der Waals surface area contributed by atoms with Gasteiger partial charge in [-0.15, -0.1) is 0 Å². The van der Waals surface area contributed by atoms with Gasteiger partial charge in [0.2, 0.25) is 0 Å². The third-order valence-electron chi connectivity index (χ3n) is 3.22. The number of halogens is 1. The van der Waals surface area contributed by atoms with Crippen molar-refractivity contribution in [1.29, 1.82) is 0 Å². The van der Waals surface area contributed by atoms with Crippen molar-refractivity contribution in [2.45, 2.75) is 18.9 Å². The molecule has 4 heteroatoms. The second kappa shape index (κ2) is 7.12. The summed E-state index contributed by atoms with van der Waals surface area (Å²) in [4.78, 5) is 2.52. The molecular formula is C14H21BrN2O. The molecule has 0 aliphatic heterocycles. The number of methoxy groups -OCH3 is 1. The van der Waals surface area contributed by atoms with Crippen molar-refractivity contribution in [2.24, 2.45) is 0 Å². The molecule has 18 heavy (non-hydrogen) atoms. The number of hydrogen-bond acceptors (Lipinski definition) is 3. The van der Waals surface area contributed by atoms with E-state index < -0.39 is 0 Å². The van der Waals surface area contributed by atoms with Gasteiger partial charge in [0.05, 0.1) is 6.61 Å². The topological polar surface area (TPSA) is 24.5 Å². The van der Waals surface area contributed by atoms with Gasteiger partial charge in [0.1, 0.15) is 0 Å². The van der Waals surface area contributed by atoms with Crippen molar-refractivity contribution in [3.8, 4) is 0 Å². The predicted octanol–water partition coefficient (Wildman–Crippen LogP) is 2.97. The Hall–Kier alpha value is -0.580. The zero-order valence-electron chi connectivity index (χ0n) is 10.9. The molecule has 1 saturated carbocycles. The summed E-state index contributed by atoms with van der Waals surface area (Å²) in [5, 5.41) is 3.46. The van der Waals surface area contributed by atoms with Gasteiger partial charge in [-0.3, -0.25) is 4.90 Å². The van der Waals surface area contributed by atoms with Gasteiger partial charge in [-0.2, -0.15) is 0 Å². The molecule has 1 fully saturated rings. The van der Waals surface area contributed by atoms with Crippen LogP contribution in [0.2, 0.25) is 0 Å². The minimum atomic E-state index is 0.798. The first-order valence-corrected chi connectivity index (χ1v) is 7.31. The molecule has 0 amide bonds. The van der Waals surface area contributed by atoms with Crippen LogP contribution in [0.3, 0.4) is 0 Å². The van der Waals surface area contributed by atoms with Crippen molar-refractivity contribution >= 4 is 21.6 Å². The molecule has 0 aromatic heterocycles. The van der Waals surface area contributed by atoms with E-state index >= 15 is 0 Å². The first kappa shape index (κ1) is 13.8. The highest BCUT2D eigenvalue weighted by Gasteiger charge is 2.27. The fourth-order valence-corrected chi connectivity index (χ4v) is 2.30. The lowest BCUT2D eigenvalue weighted by atomic mass is 10.3. The van der Waals surface area contributed by atoms with Crippen LogP contribution in [0.1, 0.15) is 12.8 Å². The van der Waals surface area contributed by atoms with Crippen LogP contribution < -0.4 is 5.32 Å². The molecule has 0 bridgehead atoms. The second-order valence-electron chi connectivity index (χ2n) is 4.69. The van der Waals surface area contributed by atoms with Crippen LogP contribution in [0.5, 0.6) is 0 Å². The standard InChI is InChI=1S/C14H21BrN2O/c1-18-11-10-17(14-6-7-14)9-8-16-13-4-2-12(15)3-5-13/h2-5,14,16H,6-11H2,1H3. The number of anilines is 1. The van der Waals surface area contributed by atoms with Crippen LogP contribution in [-0.2, 0) is 4.74 Å². The highest BCUT2D eigenvalue weighted by Crippen LogP contribution is 2.26. The maximum absolute atomic E-state index is 5.16. The molecule has 0 radical (unpaired) electrons. The zero-order chi connectivity index (χ0) is 12.8. The highest BCUT2D eigenvalue weighted by atomic mass is 79.9. The molecular weight excluding hydrogens is 292 g/mol. The van der Waals surface area contributed by atoms with Gasteiger partial charge in [0, 0.05) is 42.9 Å². The molecule has 1 aromatic carbocycles. The Labute approximate surface area is 118 Å². The summed E-state index contributed by atoms with van der Waals surface area (Å²) in [6, 6.07) is 9.12. The molecule has 0 saturated heterocycles. The van der Waals surface area contributed by atoms with Crippen molar-refractivity contribution < 1.29 is 4.74 Å². The SMILES string of the molecule is COCCN(CCNc1ccc(Br)cc1)C1CC1. The van der Waals surface area contributed by atoms with Gasteiger partial charge < -0.3 is 10.1 Å². The Morgan fingerprint density at radius 1 is 1.28 bits per heavy atom. The molecule has 2 rings (SSSR count). The molecule has 1 aromatic rings.